The minimum Gasteiger partial charge on any atom is -0.485 e. The van der Waals surface area contributed by atoms with Crippen molar-refractivity contribution in [3.63, 3.8) is 0 Å². The van der Waals surface area contributed by atoms with Gasteiger partial charge in [-0.25, -0.2) is 4.98 Å². The molecule has 3 heterocycles. The summed E-state index contributed by atoms with van der Waals surface area (Å²) in [6.07, 6.45) is 5.18. The monoisotopic (exact) mass is 445 g/mol. The summed E-state index contributed by atoms with van der Waals surface area (Å²) in [6.45, 7) is 6.93. The lowest BCUT2D eigenvalue weighted by Gasteiger charge is -2.35. The van der Waals surface area contributed by atoms with Gasteiger partial charge in [0.2, 0.25) is 6.10 Å². The molecule has 172 valence electrons. The van der Waals surface area contributed by atoms with Crippen LogP contribution >= 0.6 is 0 Å². The van der Waals surface area contributed by atoms with E-state index in [4.69, 9.17) is 9.47 Å². The molecule has 0 radical (unpaired) electrons. The fraction of sp³-hybridized carbons (Fsp3) is 0.407. The molecule has 6 heteroatoms. The SMILES string of the molecule is CC(C)c1ccc(Cn2ccnc2C2CCN(C(=O)C3COc4ccccc4O3)CC2)cc1. The van der Waals surface area contributed by atoms with Gasteiger partial charge in [0.05, 0.1) is 0 Å². The first kappa shape index (κ1) is 21.6. The van der Waals surface area contributed by atoms with Crippen molar-refractivity contribution in [3.05, 3.63) is 77.9 Å². The van der Waals surface area contributed by atoms with E-state index >= 15 is 0 Å². The smallest absolute Gasteiger partial charge is 0.267 e. The summed E-state index contributed by atoms with van der Waals surface area (Å²) >= 11 is 0. The molecule has 5 rings (SSSR count). The third-order valence-electron chi connectivity index (χ3n) is 6.70. The lowest BCUT2D eigenvalue weighted by atomic mass is 9.95. The summed E-state index contributed by atoms with van der Waals surface area (Å²) in [6, 6.07) is 16.4. The average Bonchev–Trinajstić information content (AvgIpc) is 3.32. The number of fused-ring (bicyclic) bond motifs is 1. The van der Waals surface area contributed by atoms with Crippen molar-refractivity contribution < 1.29 is 14.3 Å². The van der Waals surface area contributed by atoms with Crippen LogP contribution in [0.5, 0.6) is 11.5 Å². The van der Waals surface area contributed by atoms with Crippen molar-refractivity contribution in [3.8, 4) is 11.5 Å². The van der Waals surface area contributed by atoms with Crippen LogP contribution in [-0.4, -0.2) is 46.2 Å². The topological polar surface area (TPSA) is 56.6 Å². The molecule has 1 fully saturated rings. The van der Waals surface area contributed by atoms with Gasteiger partial charge in [-0.3, -0.25) is 4.79 Å². The minimum absolute atomic E-state index is 0.0107. The van der Waals surface area contributed by atoms with Gasteiger partial charge in [0.25, 0.3) is 5.91 Å². The van der Waals surface area contributed by atoms with Gasteiger partial charge in [-0.15, -0.1) is 0 Å². The number of likely N-dealkylation sites (tertiary alicyclic amines) is 1. The van der Waals surface area contributed by atoms with Crippen LogP contribution < -0.4 is 9.47 Å². The van der Waals surface area contributed by atoms with E-state index in [-0.39, 0.29) is 12.5 Å². The molecule has 0 bridgehead atoms. The predicted molar refractivity (Wildman–Crippen MR) is 127 cm³/mol. The number of benzene rings is 2. The highest BCUT2D eigenvalue weighted by Crippen LogP contribution is 2.32. The zero-order valence-corrected chi connectivity index (χ0v) is 19.3. The lowest BCUT2D eigenvalue weighted by molar-refractivity contribution is -0.142. The molecule has 0 saturated carbocycles. The predicted octanol–water partition coefficient (Wildman–Crippen LogP) is 4.60. The standard InChI is InChI=1S/C27H31N3O3/c1-19(2)21-9-7-20(8-10-21)17-30-16-13-28-26(30)22-11-14-29(15-12-22)27(31)25-18-32-23-5-3-4-6-24(23)33-25/h3-10,13,16,19,22,25H,11-12,14-15,17-18H2,1-2H3. The van der Waals surface area contributed by atoms with Crippen molar-refractivity contribution in [2.45, 2.75) is 51.2 Å². The molecule has 1 unspecified atom stereocenters. The summed E-state index contributed by atoms with van der Waals surface area (Å²) < 4.78 is 13.9. The summed E-state index contributed by atoms with van der Waals surface area (Å²) in [5.41, 5.74) is 2.64. The van der Waals surface area contributed by atoms with Crippen molar-refractivity contribution in [2.75, 3.05) is 19.7 Å². The molecule has 2 aliphatic heterocycles. The van der Waals surface area contributed by atoms with Gasteiger partial charge in [-0.1, -0.05) is 50.2 Å². The van der Waals surface area contributed by atoms with Crippen LogP contribution in [0.25, 0.3) is 0 Å². The number of hydrogen-bond donors (Lipinski definition) is 0. The minimum atomic E-state index is -0.577. The molecule has 2 aliphatic rings. The molecular weight excluding hydrogens is 414 g/mol. The van der Waals surface area contributed by atoms with E-state index in [0.29, 0.717) is 36.4 Å². The summed E-state index contributed by atoms with van der Waals surface area (Å²) in [4.78, 5) is 19.6. The van der Waals surface area contributed by atoms with Crippen LogP contribution in [0.2, 0.25) is 0 Å². The number of hydrogen-bond acceptors (Lipinski definition) is 4. The maximum absolute atomic E-state index is 13.0. The number of carbonyl (C=O) groups is 1. The van der Waals surface area contributed by atoms with E-state index in [1.807, 2.05) is 35.4 Å². The van der Waals surface area contributed by atoms with Gasteiger partial charge in [0, 0.05) is 37.9 Å². The van der Waals surface area contributed by atoms with Gasteiger partial charge in [0.15, 0.2) is 11.5 Å². The second-order valence-electron chi connectivity index (χ2n) is 9.27. The third kappa shape index (κ3) is 4.61. The van der Waals surface area contributed by atoms with Crippen LogP contribution in [0.15, 0.2) is 60.9 Å². The quantitative estimate of drug-likeness (QED) is 0.576. The van der Waals surface area contributed by atoms with E-state index in [1.54, 1.807) is 0 Å². The van der Waals surface area contributed by atoms with E-state index in [1.165, 1.54) is 11.1 Å². The number of amides is 1. The fourth-order valence-corrected chi connectivity index (χ4v) is 4.72. The van der Waals surface area contributed by atoms with Crippen LogP contribution in [0, 0.1) is 0 Å². The van der Waals surface area contributed by atoms with Gasteiger partial charge >= 0.3 is 0 Å². The molecule has 0 N–H and O–H groups in total. The van der Waals surface area contributed by atoms with E-state index < -0.39 is 6.10 Å². The molecule has 1 amide bonds. The number of ether oxygens (including phenoxy) is 2. The normalized spacial score (nSPS) is 18.5. The van der Waals surface area contributed by atoms with E-state index in [2.05, 4.69) is 53.9 Å². The lowest BCUT2D eigenvalue weighted by Crippen LogP contribution is -2.49. The number of rotatable bonds is 5. The van der Waals surface area contributed by atoms with Gasteiger partial charge in [-0.05, 0) is 42.0 Å². The largest absolute Gasteiger partial charge is 0.485 e. The maximum atomic E-state index is 13.0. The Morgan fingerprint density at radius 3 is 2.52 bits per heavy atom. The zero-order chi connectivity index (χ0) is 22.8. The second-order valence-corrected chi connectivity index (χ2v) is 9.27. The Kier molecular flexibility index (Phi) is 6.07. The van der Waals surface area contributed by atoms with Crippen LogP contribution in [0.1, 0.15) is 55.5 Å². The Morgan fingerprint density at radius 2 is 1.79 bits per heavy atom. The van der Waals surface area contributed by atoms with Gasteiger partial charge < -0.3 is 18.9 Å². The van der Waals surface area contributed by atoms with Crippen molar-refractivity contribution in [1.29, 1.82) is 0 Å². The average molecular weight is 446 g/mol. The molecule has 0 spiro atoms. The molecule has 1 atom stereocenters. The number of aromatic nitrogens is 2. The van der Waals surface area contributed by atoms with Crippen LogP contribution in [0.4, 0.5) is 0 Å². The summed E-state index contributed by atoms with van der Waals surface area (Å²) in [5.74, 6) is 3.35. The Morgan fingerprint density at radius 1 is 1.06 bits per heavy atom. The number of carbonyl (C=O) groups excluding carboxylic acids is 1. The number of para-hydroxylation sites is 2. The molecule has 1 saturated heterocycles. The third-order valence-corrected chi connectivity index (χ3v) is 6.70. The molecule has 3 aromatic rings. The molecule has 33 heavy (non-hydrogen) atoms. The summed E-state index contributed by atoms with van der Waals surface area (Å²) in [7, 11) is 0. The Balaban J connectivity index is 1.19. The number of imidazole rings is 1. The Bertz CT molecular complexity index is 1100. The first-order valence-corrected chi connectivity index (χ1v) is 11.9. The Hall–Kier alpha value is -3.28. The van der Waals surface area contributed by atoms with Gasteiger partial charge in [0.1, 0.15) is 12.4 Å². The Labute approximate surface area is 195 Å². The van der Waals surface area contributed by atoms with Crippen LogP contribution in [0.3, 0.4) is 0 Å². The molecular formula is C27H31N3O3. The van der Waals surface area contributed by atoms with E-state index in [9.17, 15) is 4.79 Å². The highest BCUT2D eigenvalue weighted by atomic mass is 16.6. The van der Waals surface area contributed by atoms with Crippen molar-refractivity contribution in [1.82, 2.24) is 14.5 Å². The number of piperidine rings is 1. The highest BCUT2D eigenvalue weighted by molar-refractivity contribution is 5.82. The van der Waals surface area contributed by atoms with Crippen LogP contribution in [-0.2, 0) is 11.3 Å². The molecule has 1 aromatic heterocycles. The first-order valence-electron chi connectivity index (χ1n) is 11.9. The first-order chi connectivity index (χ1) is 16.1. The fourth-order valence-electron chi connectivity index (χ4n) is 4.72. The van der Waals surface area contributed by atoms with Crippen molar-refractivity contribution >= 4 is 5.91 Å². The highest BCUT2D eigenvalue weighted by Gasteiger charge is 2.34. The molecule has 6 nitrogen and oxygen atoms in total. The zero-order valence-electron chi connectivity index (χ0n) is 19.3. The van der Waals surface area contributed by atoms with Crippen molar-refractivity contribution in [2.24, 2.45) is 0 Å². The number of nitrogens with zero attached hydrogens (tertiary/aromatic N) is 3. The molecule has 0 aliphatic carbocycles. The van der Waals surface area contributed by atoms with Gasteiger partial charge in [-0.2, -0.15) is 0 Å². The maximum Gasteiger partial charge on any atom is 0.267 e. The second kappa shape index (κ2) is 9.30. The van der Waals surface area contributed by atoms with E-state index in [0.717, 1.165) is 25.2 Å². The summed E-state index contributed by atoms with van der Waals surface area (Å²) in [5, 5.41) is 0. The molecule has 2 aromatic carbocycles.